The Morgan fingerprint density at radius 1 is 1.13 bits per heavy atom. The molecule has 0 spiro atoms. The second kappa shape index (κ2) is 9.03. The maximum absolute atomic E-state index is 12.0. The highest BCUT2D eigenvalue weighted by Crippen LogP contribution is 2.30. The molecule has 1 aliphatic rings. The van der Waals surface area contributed by atoms with Crippen molar-refractivity contribution in [3.63, 3.8) is 0 Å². The van der Waals surface area contributed by atoms with Crippen LogP contribution in [0.2, 0.25) is 0 Å². The Morgan fingerprint density at radius 2 is 1.83 bits per heavy atom. The van der Waals surface area contributed by atoms with Crippen LogP contribution in [-0.2, 0) is 14.4 Å². The maximum atomic E-state index is 12.0. The normalized spacial score (nSPS) is 13.3. The standard InChI is InChI=1S/C20H19N3O7/c1-12(24)21-9-10-29-13-3-2-4-14(11-13)30-16-6-5-15(20(27)28)19(22-16)23-17(25)7-8-18(23)26/h2-6,11H,7-10H2,1H3,(H,21,24)(H,27,28). The molecule has 0 saturated carbocycles. The van der Waals surface area contributed by atoms with E-state index in [2.05, 4.69) is 10.3 Å². The van der Waals surface area contributed by atoms with Crippen molar-refractivity contribution in [1.82, 2.24) is 10.3 Å². The van der Waals surface area contributed by atoms with Gasteiger partial charge in [-0.05, 0) is 18.2 Å². The molecular formula is C20H19N3O7. The number of aromatic nitrogens is 1. The summed E-state index contributed by atoms with van der Waals surface area (Å²) in [6.07, 6.45) is 0.00501. The van der Waals surface area contributed by atoms with Gasteiger partial charge in [0.15, 0.2) is 5.82 Å². The number of carboxylic acids is 1. The molecule has 3 amide bonds. The Bertz CT molecular complexity index is 990. The summed E-state index contributed by atoms with van der Waals surface area (Å²) in [5.41, 5.74) is -0.277. The number of pyridine rings is 1. The highest BCUT2D eigenvalue weighted by atomic mass is 16.5. The first-order chi connectivity index (χ1) is 14.3. The third-order valence-electron chi connectivity index (χ3n) is 4.12. The molecule has 30 heavy (non-hydrogen) atoms. The van der Waals surface area contributed by atoms with Crippen LogP contribution in [-0.4, -0.2) is 46.9 Å². The van der Waals surface area contributed by atoms with E-state index in [1.807, 2.05) is 0 Å². The second-order valence-corrected chi connectivity index (χ2v) is 6.36. The molecule has 1 aromatic carbocycles. The van der Waals surface area contributed by atoms with Gasteiger partial charge in [0.25, 0.3) is 0 Å². The highest BCUT2D eigenvalue weighted by molar-refractivity contribution is 6.21. The van der Waals surface area contributed by atoms with Gasteiger partial charge >= 0.3 is 5.97 Å². The van der Waals surface area contributed by atoms with Crippen LogP contribution < -0.4 is 19.7 Å². The molecule has 0 bridgehead atoms. The van der Waals surface area contributed by atoms with Crippen molar-refractivity contribution in [3.8, 4) is 17.4 Å². The van der Waals surface area contributed by atoms with E-state index in [4.69, 9.17) is 9.47 Å². The number of anilines is 1. The minimum atomic E-state index is -1.31. The van der Waals surface area contributed by atoms with Crippen LogP contribution in [0.4, 0.5) is 5.82 Å². The number of rotatable bonds is 8. The van der Waals surface area contributed by atoms with Crippen LogP contribution in [0.5, 0.6) is 17.4 Å². The summed E-state index contributed by atoms with van der Waals surface area (Å²) in [5.74, 6) is -1.90. The predicted octanol–water partition coefficient (Wildman–Crippen LogP) is 1.74. The lowest BCUT2D eigenvalue weighted by Gasteiger charge is -2.16. The lowest BCUT2D eigenvalue weighted by atomic mass is 10.2. The van der Waals surface area contributed by atoms with E-state index in [1.165, 1.54) is 19.1 Å². The van der Waals surface area contributed by atoms with E-state index in [0.717, 1.165) is 4.90 Å². The van der Waals surface area contributed by atoms with Gasteiger partial charge in [0.2, 0.25) is 23.6 Å². The summed E-state index contributed by atoms with van der Waals surface area (Å²) >= 11 is 0. The lowest BCUT2D eigenvalue weighted by Crippen LogP contribution is -2.31. The molecule has 0 unspecified atom stereocenters. The SMILES string of the molecule is CC(=O)NCCOc1cccc(Oc2ccc(C(=O)O)c(N3C(=O)CCC3=O)n2)c1. The third-order valence-corrected chi connectivity index (χ3v) is 4.12. The van der Waals surface area contributed by atoms with E-state index in [-0.39, 0.29) is 42.6 Å². The Balaban J connectivity index is 1.78. The van der Waals surface area contributed by atoms with E-state index >= 15 is 0 Å². The summed E-state index contributed by atoms with van der Waals surface area (Å²) in [7, 11) is 0. The maximum Gasteiger partial charge on any atom is 0.339 e. The van der Waals surface area contributed by atoms with Crippen LogP contribution in [0.25, 0.3) is 0 Å². The highest BCUT2D eigenvalue weighted by Gasteiger charge is 2.34. The van der Waals surface area contributed by atoms with Gasteiger partial charge in [0, 0.05) is 31.9 Å². The summed E-state index contributed by atoms with van der Waals surface area (Å²) in [5, 5.41) is 12.0. The predicted molar refractivity (Wildman–Crippen MR) is 104 cm³/mol. The van der Waals surface area contributed by atoms with Crippen LogP contribution >= 0.6 is 0 Å². The number of carbonyl (C=O) groups is 4. The molecule has 2 N–H and O–H groups in total. The molecule has 1 aromatic heterocycles. The van der Waals surface area contributed by atoms with E-state index in [9.17, 15) is 24.3 Å². The molecular weight excluding hydrogens is 394 g/mol. The smallest absolute Gasteiger partial charge is 0.339 e. The van der Waals surface area contributed by atoms with Gasteiger partial charge in [-0.3, -0.25) is 14.4 Å². The van der Waals surface area contributed by atoms with E-state index < -0.39 is 17.8 Å². The summed E-state index contributed by atoms with van der Waals surface area (Å²) in [6, 6.07) is 9.18. The first-order valence-corrected chi connectivity index (χ1v) is 9.10. The molecule has 0 atom stereocenters. The van der Waals surface area contributed by atoms with Crippen LogP contribution in [0.3, 0.4) is 0 Å². The number of nitrogens with zero attached hydrogens (tertiary/aromatic N) is 2. The molecule has 10 heteroatoms. The number of amides is 3. The van der Waals surface area contributed by atoms with Gasteiger partial charge < -0.3 is 19.9 Å². The van der Waals surface area contributed by atoms with Crippen molar-refractivity contribution in [2.24, 2.45) is 0 Å². The summed E-state index contributed by atoms with van der Waals surface area (Å²) < 4.78 is 11.2. The molecule has 2 aromatic rings. The van der Waals surface area contributed by atoms with Crippen molar-refractivity contribution in [2.45, 2.75) is 19.8 Å². The number of imide groups is 1. The molecule has 0 aliphatic carbocycles. The number of carboxylic acid groups (broad SMARTS) is 1. The molecule has 10 nitrogen and oxygen atoms in total. The molecule has 2 heterocycles. The van der Waals surface area contributed by atoms with Crippen molar-refractivity contribution in [1.29, 1.82) is 0 Å². The van der Waals surface area contributed by atoms with E-state index in [0.29, 0.717) is 18.0 Å². The fraction of sp³-hybridized carbons (Fsp3) is 0.250. The molecule has 1 fully saturated rings. The van der Waals surface area contributed by atoms with Crippen LogP contribution in [0.1, 0.15) is 30.1 Å². The number of hydrogen-bond donors (Lipinski definition) is 2. The monoisotopic (exact) mass is 413 g/mol. The number of carbonyl (C=O) groups excluding carboxylic acids is 3. The number of ether oxygens (including phenoxy) is 2. The van der Waals surface area contributed by atoms with Crippen LogP contribution in [0, 0.1) is 0 Å². The lowest BCUT2D eigenvalue weighted by molar-refractivity contribution is -0.121. The zero-order valence-electron chi connectivity index (χ0n) is 16.1. The zero-order chi connectivity index (χ0) is 21.7. The van der Waals surface area contributed by atoms with Crippen molar-refractivity contribution in [3.05, 3.63) is 42.0 Å². The average Bonchev–Trinajstić information content (AvgIpc) is 3.03. The van der Waals surface area contributed by atoms with Gasteiger partial charge in [0.1, 0.15) is 23.7 Å². The molecule has 1 aliphatic heterocycles. The number of hydrogen-bond acceptors (Lipinski definition) is 7. The van der Waals surface area contributed by atoms with Gasteiger partial charge in [-0.25, -0.2) is 9.69 Å². The minimum Gasteiger partial charge on any atom is -0.492 e. The summed E-state index contributed by atoms with van der Waals surface area (Å²) in [6.45, 7) is 2.02. The largest absolute Gasteiger partial charge is 0.492 e. The molecule has 0 radical (unpaired) electrons. The molecule has 1 saturated heterocycles. The number of nitrogens with one attached hydrogen (secondary N) is 1. The fourth-order valence-corrected chi connectivity index (χ4v) is 2.78. The minimum absolute atomic E-state index is 0.00251. The number of aromatic carboxylic acids is 1. The third kappa shape index (κ3) is 4.90. The van der Waals surface area contributed by atoms with E-state index in [1.54, 1.807) is 24.3 Å². The van der Waals surface area contributed by atoms with Gasteiger partial charge in [-0.15, -0.1) is 0 Å². The fourth-order valence-electron chi connectivity index (χ4n) is 2.78. The number of benzene rings is 1. The molecule has 3 rings (SSSR count). The van der Waals surface area contributed by atoms with Gasteiger partial charge in [-0.1, -0.05) is 6.07 Å². The van der Waals surface area contributed by atoms with Crippen molar-refractivity contribution >= 4 is 29.5 Å². The Morgan fingerprint density at radius 3 is 2.50 bits per heavy atom. The molecule has 156 valence electrons. The van der Waals surface area contributed by atoms with Crippen molar-refractivity contribution in [2.75, 3.05) is 18.1 Å². The first kappa shape index (κ1) is 20.8. The second-order valence-electron chi connectivity index (χ2n) is 6.36. The van der Waals surface area contributed by atoms with Crippen LogP contribution in [0.15, 0.2) is 36.4 Å². The summed E-state index contributed by atoms with van der Waals surface area (Å²) in [4.78, 5) is 51.3. The zero-order valence-corrected chi connectivity index (χ0v) is 16.1. The van der Waals surface area contributed by atoms with Gasteiger partial charge in [-0.2, -0.15) is 4.98 Å². The topological polar surface area (TPSA) is 135 Å². The Labute approximate surface area is 171 Å². The van der Waals surface area contributed by atoms with Crippen molar-refractivity contribution < 1.29 is 33.8 Å². The van der Waals surface area contributed by atoms with Gasteiger partial charge in [0.05, 0.1) is 6.54 Å². The Kier molecular flexibility index (Phi) is 6.26. The quantitative estimate of drug-likeness (QED) is 0.493. The average molecular weight is 413 g/mol. The first-order valence-electron chi connectivity index (χ1n) is 9.10. The Hall–Kier alpha value is -3.95.